The van der Waals surface area contributed by atoms with Crippen LogP contribution >= 0.6 is 12.2 Å². The van der Waals surface area contributed by atoms with Gasteiger partial charge in [0.2, 0.25) is 0 Å². The van der Waals surface area contributed by atoms with Gasteiger partial charge >= 0.3 is 5.97 Å². The summed E-state index contributed by atoms with van der Waals surface area (Å²) < 4.78 is 16.1. The molecule has 1 heterocycles. The summed E-state index contributed by atoms with van der Waals surface area (Å²) in [7, 11) is 3.16. The molecule has 0 saturated carbocycles. The van der Waals surface area contributed by atoms with Crippen LogP contribution < -0.4 is 20.1 Å². The average Bonchev–Trinajstić information content (AvgIpc) is 2.52. The molecule has 7 heteroatoms. The molecule has 2 N–H and O–H groups in total. The van der Waals surface area contributed by atoms with Crippen LogP contribution in [-0.2, 0) is 9.53 Å². The van der Waals surface area contributed by atoms with Gasteiger partial charge in [0.15, 0.2) is 5.11 Å². The molecule has 0 fully saturated rings. The van der Waals surface area contributed by atoms with Crippen molar-refractivity contribution in [3.05, 3.63) is 35.0 Å². The maximum Gasteiger partial charge on any atom is 0.338 e. The minimum atomic E-state index is -0.491. The van der Waals surface area contributed by atoms with Gasteiger partial charge in [0, 0.05) is 11.3 Å². The van der Waals surface area contributed by atoms with E-state index in [1.54, 1.807) is 33.3 Å². The van der Waals surface area contributed by atoms with E-state index in [1.165, 1.54) is 0 Å². The molecule has 1 atom stereocenters. The molecule has 1 aliphatic rings. The van der Waals surface area contributed by atoms with Crippen LogP contribution in [0.25, 0.3) is 0 Å². The normalized spacial score (nSPS) is 17.2. The van der Waals surface area contributed by atoms with E-state index in [2.05, 4.69) is 10.6 Å². The molecule has 6 nitrogen and oxygen atoms in total. The number of hydrogen-bond donors (Lipinski definition) is 2. The van der Waals surface area contributed by atoms with Gasteiger partial charge in [0.25, 0.3) is 0 Å². The van der Waals surface area contributed by atoms with Crippen molar-refractivity contribution >= 4 is 23.3 Å². The minimum Gasteiger partial charge on any atom is -0.497 e. The van der Waals surface area contributed by atoms with Gasteiger partial charge in [-0.3, -0.25) is 0 Å². The number of methoxy groups -OCH3 is 2. The minimum absolute atomic E-state index is 0.223. The van der Waals surface area contributed by atoms with Crippen LogP contribution in [0.3, 0.4) is 0 Å². The van der Waals surface area contributed by atoms with Crippen molar-refractivity contribution in [3.8, 4) is 11.5 Å². The summed E-state index contributed by atoms with van der Waals surface area (Å²) >= 11 is 5.25. The zero-order valence-corrected chi connectivity index (χ0v) is 15.2. The standard InChI is InChI=1S/C17H22N2O4S/c1-9(2)23-16(20)14-10(3)18-17(24)19-15(14)12-8-11(21-4)6-7-13(12)22-5/h6-9,15H,1-5H3,(H2,18,19,24). The maximum absolute atomic E-state index is 12.6. The molecule has 0 radical (unpaired) electrons. The molecule has 24 heavy (non-hydrogen) atoms. The summed E-state index contributed by atoms with van der Waals surface area (Å²) in [6, 6.07) is 4.92. The largest absolute Gasteiger partial charge is 0.497 e. The predicted octanol–water partition coefficient (Wildman–Crippen LogP) is 2.45. The average molecular weight is 350 g/mol. The number of hydrogen-bond acceptors (Lipinski definition) is 5. The summed E-state index contributed by atoms with van der Waals surface area (Å²) in [6.45, 7) is 5.41. The van der Waals surface area contributed by atoms with Crippen LogP contribution in [-0.4, -0.2) is 31.4 Å². The lowest BCUT2D eigenvalue weighted by Crippen LogP contribution is -2.45. The van der Waals surface area contributed by atoms with E-state index in [4.69, 9.17) is 26.4 Å². The van der Waals surface area contributed by atoms with Gasteiger partial charge in [0.05, 0.1) is 31.9 Å². The highest BCUT2D eigenvalue weighted by Crippen LogP contribution is 2.36. The quantitative estimate of drug-likeness (QED) is 0.624. The number of nitrogens with one attached hydrogen (secondary N) is 2. The van der Waals surface area contributed by atoms with Gasteiger partial charge in [-0.05, 0) is 51.2 Å². The summed E-state index contributed by atoms with van der Waals surface area (Å²) in [5, 5.41) is 6.53. The molecular formula is C17H22N2O4S. The van der Waals surface area contributed by atoms with E-state index in [1.807, 2.05) is 19.9 Å². The van der Waals surface area contributed by atoms with Crippen LogP contribution in [0.4, 0.5) is 0 Å². The molecule has 1 aliphatic heterocycles. The Balaban J connectivity index is 2.54. The van der Waals surface area contributed by atoms with Gasteiger partial charge < -0.3 is 24.8 Å². The Bertz CT molecular complexity index is 685. The van der Waals surface area contributed by atoms with Crippen LogP contribution in [0.15, 0.2) is 29.5 Å². The number of benzene rings is 1. The molecule has 130 valence electrons. The smallest absolute Gasteiger partial charge is 0.338 e. The fraction of sp³-hybridized carbons (Fsp3) is 0.412. The number of thiocarbonyl (C=S) groups is 1. The second-order valence-electron chi connectivity index (χ2n) is 5.63. The third-order valence-corrected chi connectivity index (χ3v) is 3.80. The van der Waals surface area contributed by atoms with Gasteiger partial charge in [-0.1, -0.05) is 0 Å². The maximum atomic E-state index is 12.6. The van der Waals surface area contributed by atoms with Crippen LogP contribution in [0.5, 0.6) is 11.5 Å². The molecule has 2 rings (SSSR count). The number of allylic oxidation sites excluding steroid dienone is 1. The third-order valence-electron chi connectivity index (χ3n) is 3.58. The molecule has 0 spiro atoms. The molecule has 1 aromatic carbocycles. The Morgan fingerprint density at radius 1 is 1.25 bits per heavy atom. The predicted molar refractivity (Wildman–Crippen MR) is 95.1 cm³/mol. The summed E-state index contributed by atoms with van der Waals surface area (Å²) in [5.74, 6) is 0.881. The number of rotatable bonds is 5. The summed E-state index contributed by atoms with van der Waals surface area (Å²) in [5.41, 5.74) is 1.86. The molecule has 0 saturated heterocycles. The van der Waals surface area contributed by atoms with E-state index >= 15 is 0 Å². The van der Waals surface area contributed by atoms with E-state index in [9.17, 15) is 4.79 Å². The van der Waals surface area contributed by atoms with Gasteiger partial charge in [-0.2, -0.15) is 0 Å². The van der Waals surface area contributed by atoms with E-state index in [0.29, 0.717) is 27.9 Å². The zero-order chi connectivity index (χ0) is 17.9. The number of carbonyl (C=O) groups is 1. The third kappa shape index (κ3) is 3.79. The lowest BCUT2D eigenvalue weighted by Gasteiger charge is -2.31. The SMILES string of the molecule is COc1ccc(OC)c(C2NC(=S)NC(C)=C2C(=O)OC(C)C)c1. The Kier molecular flexibility index (Phi) is 5.66. The molecule has 0 bridgehead atoms. The van der Waals surface area contributed by atoms with Gasteiger partial charge in [-0.25, -0.2) is 4.79 Å². The molecule has 0 amide bonds. The zero-order valence-electron chi connectivity index (χ0n) is 14.4. The second-order valence-corrected chi connectivity index (χ2v) is 6.04. The Labute approximate surface area is 147 Å². The van der Waals surface area contributed by atoms with Crippen molar-refractivity contribution in [2.24, 2.45) is 0 Å². The van der Waals surface area contributed by atoms with Crippen LogP contribution in [0, 0.1) is 0 Å². The van der Waals surface area contributed by atoms with Crippen LogP contribution in [0.1, 0.15) is 32.4 Å². The number of carbonyl (C=O) groups excluding carboxylic acids is 1. The highest BCUT2D eigenvalue weighted by Gasteiger charge is 2.33. The Morgan fingerprint density at radius 2 is 1.96 bits per heavy atom. The van der Waals surface area contributed by atoms with Gasteiger partial charge in [0.1, 0.15) is 11.5 Å². The van der Waals surface area contributed by atoms with Crippen molar-refractivity contribution in [3.63, 3.8) is 0 Å². The van der Waals surface area contributed by atoms with Crippen molar-refractivity contribution in [2.45, 2.75) is 32.9 Å². The lowest BCUT2D eigenvalue weighted by molar-refractivity contribution is -0.143. The van der Waals surface area contributed by atoms with Crippen molar-refractivity contribution in [1.29, 1.82) is 0 Å². The fourth-order valence-corrected chi connectivity index (χ4v) is 2.81. The lowest BCUT2D eigenvalue weighted by atomic mass is 9.94. The molecular weight excluding hydrogens is 328 g/mol. The highest BCUT2D eigenvalue weighted by atomic mass is 32.1. The molecule has 1 unspecified atom stereocenters. The Morgan fingerprint density at radius 3 is 2.54 bits per heavy atom. The Hall–Kier alpha value is -2.28. The van der Waals surface area contributed by atoms with Gasteiger partial charge in [-0.15, -0.1) is 0 Å². The van der Waals surface area contributed by atoms with Crippen molar-refractivity contribution < 1.29 is 19.0 Å². The summed E-state index contributed by atoms with van der Waals surface area (Å²) in [4.78, 5) is 12.6. The topological polar surface area (TPSA) is 68.8 Å². The summed E-state index contributed by atoms with van der Waals surface area (Å²) in [6.07, 6.45) is -0.223. The molecule has 0 aliphatic carbocycles. The molecule has 1 aromatic rings. The van der Waals surface area contributed by atoms with E-state index in [0.717, 1.165) is 5.56 Å². The van der Waals surface area contributed by atoms with Crippen molar-refractivity contribution in [2.75, 3.05) is 14.2 Å². The van der Waals surface area contributed by atoms with E-state index in [-0.39, 0.29) is 6.10 Å². The molecule has 0 aromatic heterocycles. The van der Waals surface area contributed by atoms with Crippen LogP contribution in [0.2, 0.25) is 0 Å². The number of ether oxygens (including phenoxy) is 3. The second kappa shape index (κ2) is 7.53. The fourth-order valence-electron chi connectivity index (χ4n) is 2.54. The first-order valence-corrected chi connectivity index (χ1v) is 7.99. The first-order chi connectivity index (χ1) is 11.4. The highest BCUT2D eigenvalue weighted by molar-refractivity contribution is 7.80. The monoisotopic (exact) mass is 350 g/mol. The van der Waals surface area contributed by atoms with E-state index < -0.39 is 12.0 Å². The van der Waals surface area contributed by atoms with Crippen molar-refractivity contribution in [1.82, 2.24) is 10.6 Å². The first-order valence-electron chi connectivity index (χ1n) is 7.58. The first kappa shape index (κ1) is 18.1. The number of esters is 1.